The van der Waals surface area contributed by atoms with E-state index in [9.17, 15) is 21.6 Å². The van der Waals surface area contributed by atoms with Gasteiger partial charge in [-0.15, -0.1) is 0 Å². The van der Waals surface area contributed by atoms with Gasteiger partial charge in [0.05, 0.1) is 22.8 Å². The molecule has 0 bridgehead atoms. The van der Waals surface area contributed by atoms with Crippen molar-refractivity contribution in [3.05, 3.63) is 35.4 Å². The van der Waals surface area contributed by atoms with Gasteiger partial charge >= 0.3 is 6.18 Å². The summed E-state index contributed by atoms with van der Waals surface area (Å²) in [5, 5.41) is 0. The van der Waals surface area contributed by atoms with E-state index in [1.807, 2.05) is 0 Å². The lowest BCUT2D eigenvalue weighted by atomic mass is 10.1. The van der Waals surface area contributed by atoms with E-state index in [1.54, 1.807) is 0 Å². The molecule has 1 rings (SSSR count). The van der Waals surface area contributed by atoms with Crippen molar-refractivity contribution in [3.8, 4) is 0 Å². The minimum Gasteiger partial charge on any atom is -0.392 e. The smallest absolute Gasteiger partial charge is 0.392 e. The molecule has 9 heteroatoms. The molecule has 0 spiro atoms. The van der Waals surface area contributed by atoms with Crippen LogP contribution < -0.4 is 10.5 Å². The van der Waals surface area contributed by atoms with Gasteiger partial charge in [-0.2, -0.15) is 13.2 Å². The molecular formula is C10H11F3N2O2S2. The summed E-state index contributed by atoms with van der Waals surface area (Å²) in [5.74, 6) is -0.570. The Morgan fingerprint density at radius 3 is 2.53 bits per heavy atom. The Morgan fingerprint density at radius 1 is 1.37 bits per heavy atom. The molecule has 0 aliphatic heterocycles. The maximum absolute atomic E-state index is 12.5. The van der Waals surface area contributed by atoms with Crippen LogP contribution in [0.5, 0.6) is 0 Å². The molecule has 1 aromatic carbocycles. The number of benzene rings is 1. The van der Waals surface area contributed by atoms with E-state index in [2.05, 4.69) is 16.9 Å². The molecule has 106 valence electrons. The van der Waals surface area contributed by atoms with Crippen molar-refractivity contribution >= 4 is 27.2 Å². The van der Waals surface area contributed by atoms with Crippen molar-refractivity contribution in [2.24, 2.45) is 5.73 Å². The largest absolute Gasteiger partial charge is 0.416 e. The molecule has 3 N–H and O–H groups in total. The first-order chi connectivity index (χ1) is 8.60. The second-order valence-corrected chi connectivity index (χ2v) is 6.08. The Bertz CT molecular complexity index is 570. The highest BCUT2D eigenvalue weighted by Gasteiger charge is 2.30. The van der Waals surface area contributed by atoms with Crippen LogP contribution in [0.4, 0.5) is 13.2 Å². The molecule has 4 nitrogen and oxygen atoms in total. The van der Waals surface area contributed by atoms with Crippen molar-refractivity contribution in [2.45, 2.75) is 11.9 Å². The van der Waals surface area contributed by atoms with Crippen molar-refractivity contribution in [2.75, 3.05) is 6.54 Å². The van der Waals surface area contributed by atoms with Crippen LogP contribution in [0.3, 0.4) is 0 Å². The Kier molecular flexibility index (Phi) is 4.88. The van der Waals surface area contributed by atoms with Gasteiger partial charge in [0.15, 0.2) is 0 Å². The molecule has 0 aromatic heterocycles. The quantitative estimate of drug-likeness (QED) is 0.807. The van der Waals surface area contributed by atoms with Crippen LogP contribution >= 0.6 is 12.2 Å². The topological polar surface area (TPSA) is 72.2 Å². The van der Waals surface area contributed by atoms with E-state index in [0.29, 0.717) is 0 Å². The first kappa shape index (κ1) is 15.9. The number of nitrogens with one attached hydrogen (secondary N) is 1. The Balaban J connectivity index is 2.85. The molecule has 0 saturated carbocycles. The second-order valence-electron chi connectivity index (χ2n) is 3.74. The summed E-state index contributed by atoms with van der Waals surface area (Å²) in [7, 11) is -3.78. The predicted octanol–water partition coefficient (Wildman–Crippen LogP) is 1.41. The number of sulfonamides is 1. The Morgan fingerprint density at radius 2 is 2.00 bits per heavy atom. The minimum atomic E-state index is -4.51. The highest BCUT2D eigenvalue weighted by Crippen LogP contribution is 2.29. The summed E-state index contributed by atoms with van der Waals surface area (Å²) in [4.78, 5) is -0.0485. The van der Waals surface area contributed by atoms with E-state index in [0.717, 1.165) is 18.2 Å². The highest BCUT2D eigenvalue weighted by atomic mass is 32.2. The second kappa shape index (κ2) is 5.85. The van der Waals surface area contributed by atoms with Crippen molar-refractivity contribution in [1.82, 2.24) is 4.72 Å². The zero-order valence-corrected chi connectivity index (χ0v) is 11.2. The molecule has 19 heavy (non-hydrogen) atoms. The van der Waals surface area contributed by atoms with Crippen LogP contribution in [0.1, 0.15) is 11.1 Å². The maximum Gasteiger partial charge on any atom is 0.416 e. The fourth-order valence-corrected chi connectivity index (χ4v) is 2.55. The lowest BCUT2D eigenvalue weighted by molar-refractivity contribution is -0.137. The first-order valence-corrected chi connectivity index (χ1v) is 7.08. The van der Waals surface area contributed by atoms with Gasteiger partial charge in [0.2, 0.25) is 10.0 Å². The molecule has 0 fully saturated rings. The third kappa shape index (κ3) is 5.53. The van der Waals surface area contributed by atoms with Gasteiger partial charge < -0.3 is 5.73 Å². The zero-order chi connectivity index (χ0) is 14.7. The average Bonchev–Trinajstić information content (AvgIpc) is 2.25. The van der Waals surface area contributed by atoms with Crippen LogP contribution in [-0.4, -0.2) is 20.0 Å². The monoisotopic (exact) mass is 312 g/mol. The number of halogens is 3. The van der Waals surface area contributed by atoms with Crippen molar-refractivity contribution < 1.29 is 21.6 Å². The number of thiocarbonyl (C=S) groups is 1. The molecule has 0 aliphatic carbocycles. The van der Waals surface area contributed by atoms with E-state index in [-0.39, 0.29) is 17.1 Å². The summed E-state index contributed by atoms with van der Waals surface area (Å²) in [6, 6.07) is 4.12. The Hall–Kier alpha value is -1.19. The number of nitrogens with two attached hydrogens (primary N) is 1. The fraction of sp³-hybridized carbons (Fsp3) is 0.300. The highest BCUT2D eigenvalue weighted by molar-refractivity contribution is 7.88. The fourth-order valence-electron chi connectivity index (χ4n) is 1.29. The van der Waals surface area contributed by atoms with Gasteiger partial charge in [-0.25, -0.2) is 13.1 Å². The van der Waals surface area contributed by atoms with Crippen molar-refractivity contribution in [1.29, 1.82) is 0 Å². The average molecular weight is 312 g/mol. The van der Waals surface area contributed by atoms with Gasteiger partial charge in [-0.05, 0) is 11.6 Å². The molecule has 0 heterocycles. The van der Waals surface area contributed by atoms with Crippen LogP contribution in [0.25, 0.3) is 0 Å². The minimum absolute atomic E-state index is 0.0327. The standard InChI is InChI=1S/C10H11F3N2O2S2/c11-10(12,13)8-3-1-2-7(4-8)6-19(16,17)15-5-9(14)18/h1-4,15H,5-6H2,(H2,14,18). The van der Waals surface area contributed by atoms with E-state index >= 15 is 0 Å². The molecule has 0 unspecified atom stereocenters. The molecule has 0 atom stereocenters. The summed E-state index contributed by atoms with van der Waals surface area (Å²) in [6.45, 7) is -0.226. The molecule has 0 saturated heterocycles. The molecule has 1 aromatic rings. The van der Waals surface area contributed by atoms with E-state index < -0.39 is 27.5 Å². The van der Waals surface area contributed by atoms with Crippen LogP contribution in [0.15, 0.2) is 24.3 Å². The van der Waals surface area contributed by atoms with Crippen LogP contribution in [0.2, 0.25) is 0 Å². The lowest BCUT2D eigenvalue weighted by Gasteiger charge is -2.09. The SMILES string of the molecule is NC(=S)CNS(=O)(=O)Cc1cccc(C(F)(F)F)c1. The normalized spacial score (nSPS) is 12.4. The number of rotatable bonds is 5. The summed E-state index contributed by atoms with van der Waals surface area (Å²) >= 11 is 4.50. The van der Waals surface area contributed by atoms with Gasteiger partial charge in [0.1, 0.15) is 0 Å². The number of alkyl halides is 3. The molecule has 0 aliphatic rings. The summed E-state index contributed by atoms with van der Waals surface area (Å²) in [6.07, 6.45) is -4.51. The third-order valence-electron chi connectivity index (χ3n) is 2.08. The Labute approximate surface area is 113 Å². The van der Waals surface area contributed by atoms with Gasteiger partial charge in [-0.3, -0.25) is 0 Å². The first-order valence-electron chi connectivity index (χ1n) is 5.02. The summed E-state index contributed by atoms with van der Waals surface area (Å²) in [5.41, 5.74) is 4.27. The lowest BCUT2D eigenvalue weighted by Crippen LogP contribution is -2.33. The summed E-state index contributed by atoms with van der Waals surface area (Å²) < 4.78 is 62.6. The molecule has 0 amide bonds. The zero-order valence-electron chi connectivity index (χ0n) is 9.57. The number of hydrogen-bond donors (Lipinski definition) is 2. The van der Waals surface area contributed by atoms with E-state index in [4.69, 9.17) is 5.73 Å². The maximum atomic E-state index is 12.5. The number of hydrogen-bond acceptors (Lipinski definition) is 3. The predicted molar refractivity (Wildman–Crippen MR) is 68.9 cm³/mol. The third-order valence-corrected chi connectivity index (χ3v) is 3.52. The molecule has 0 radical (unpaired) electrons. The van der Waals surface area contributed by atoms with Crippen molar-refractivity contribution in [3.63, 3.8) is 0 Å². The van der Waals surface area contributed by atoms with Gasteiger partial charge in [-0.1, -0.05) is 30.4 Å². The van der Waals surface area contributed by atoms with E-state index in [1.165, 1.54) is 6.07 Å². The van der Waals surface area contributed by atoms with Gasteiger partial charge in [0, 0.05) is 0 Å². The van der Waals surface area contributed by atoms with Gasteiger partial charge in [0.25, 0.3) is 0 Å². The van der Waals surface area contributed by atoms with Crippen LogP contribution in [0, 0.1) is 0 Å². The van der Waals surface area contributed by atoms with Crippen LogP contribution in [-0.2, 0) is 22.0 Å². The molecular weight excluding hydrogens is 301 g/mol.